The van der Waals surface area contributed by atoms with E-state index >= 15 is 0 Å². The lowest BCUT2D eigenvalue weighted by Gasteiger charge is -2.18. The second-order valence-corrected chi connectivity index (χ2v) is 7.14. The number of ketones is 1. The van der Waals surface area contributed by atoms with Gasteiger partial charge in [-0.05, 0) is 54.5 Å². The molecule has 7 heteroatoms. The van der Waals surface area contributed by atoms with E-state index in [9.17, 15) is 9.59 Å². The number of carbonyl (C=O) groups excluding carboxylic acids is 1. The Morgan fingerprint density at radius 3 is 3.00 bits per heavy atom. The number of aromatic nitrogens is 5. The zero-order valence-corrected chi connectivity index (χ0v) is 15.2. The van der Waals surface area contributed by atoms with Crippen LogP contribution in [0.5, 0.6) is 0 Å². The molecule has 7 nitrogen and oxygen atoms in total. The minimum atomic E-state index is -0.259. The third-order valence-corrected chi connectivity index (χ3v) is 4.94. The maximum Gasteiger partial charge on any atom is 0.267 e. The molecule has 1 unspecified atom stereocenters. The Morgan fingerprint density at radius 2 is 2.19 bits per heavy atom. The predicted octanol–water partition coefficient (Wildman–Crippen LogP) is 2.30. The van der Waals surface area contributed by atoms with Crippen LogP contribution in [0.15, 0.2) is 47.7 Å². The molecule has 3 aromatic heterocycles. The number of hydrogen-bond donors (Lipinski definition) is 0. The number of fused-ring (bicyclic) bond motifs is 1. The lowest BCUT2D eigenvalue weighted by atomic mass is 9.90. The first-order valence-corrected chi connectivity index (χ1v) is 9.16. The van der Waals surface area contributed by atoms with Gasteiger partial charge >= 0.3 is 0 Å². The van der Waals surface area contributed by atoms with Gasteiger partial charge in [0.05, 0.1) is 5.69 Å². The Morgan fingerprint density at radius 1 is 1.30 bits per heavy atom. The maximum absolute atomic E-state index is 12.5. The molecule has 0 fully saturated rings. The van der Waals surface area contributed by atoms with Crippen molar-refractivity contribution in [1.29, 1.82) is 0 Å². The summed E-state index contributed by atoms with van der Waals surface area (Å²) in [7, 11) is 0. The molecular weight excluding hydrogens is 342 g/mol. The van der Waals surface area contributed by atoms with Crippen LogP contribution in [0.25, 0.3) is 11.2 Å². The topological polar surface area (TPSA) is 82.2 Å². The molecule has 0 radical (unpaired) electrons. The van der Waals surface area contributed by atoms with Gasteiger partial charge in [-0.25, -0.2) is 14.2 Å². The van der Waals surface area contributed by atoms with E-state index < -0.39 is 0 Å². The number of Topliss-reactive ketones (excluding diaryl/α,β-unsaturated/α-hetero) is 1. The Labute approximate surface area is 156 Å². The summed E-state index contributed by atoms with van der Waals surface area (Å²) in [6.07, 6.45) is 8.77. The molecule has 0 saturated heterocycles. The first kappa shape index (κ1) is 17.3. The second kappa shape index (κ2) is 7.26. The lowest BCUT2D eigenvalue weighted by Crippen LogP contribution is -2.27. The summed E-state index contributed by atoms with van der Waals surface area (Å²) in [4.78, 5) is 28.7. The maximum atomic E-state index is 12.5. The molecule has 0 amide bonds. The van der Waals surface area contributed by atoms with Crippen molar-refractivity contribution < 1.29 is 4.79 Å². The highest BCUT2D eigenvalue weighted by Crippen LogP contribution is 2.28. The molecule has 3 heterocycles. The molecule has 1 aliphatic carbocycles. The fraction of sp³-hybridized carbons (Fsp3) is 0.350. The van der Waals surface area contributed by atoms with Gasteiger partial charge in [-0.2, -0.15) is 10.2 Å². The largest absolute Gasteiger partial charge is 0.297 e. The van der Waals surface area contributed by atoms with Gasteiger partial charge in [-0.15, -0.1) is 0 Å². The minimum Gasteiger partial charge on any atom is -0.297 e. The van der Waals surface area contributed by atoms with Gasteiger partial charge in [-0.1, -0.05) is 13.0 Å². The molecular formula is C20H21N5O2. The van der Waals surface area contributed by atoms with Crippen LogP contribution in [0.4, 0.5) is 0 Å². The number of carbonyl (C=O) groups is 1. The van der Waals surface area contributed by atoms with Crippen LogP contribution >= 0.6 is 0 Å². The SMILES string of the molecule is CC1CC=C(c2ccc(=O)n(CC(=O)Cc3ccn4ncnc4c3)n2)CC1. The van der Waals surface area contributed by atoms with Crippen LogP contribution in [0.1, 0.15) is 37.4 Å². The normalized spacial score (nSPS) is 17.1. The Bertz CT molecular complexity index is 1080. The standard InChI is InChI=1S/C20H21N5O2/c1-14-2-4-16(5-3-14)18-6-7-20(27)25(23-18)12-17(26)10-15-8-9-24-19(11-15)21-13-22-24/h4,6-9,11,13-14H,2-3,5,10,12H2,1H3. The average molecular weight is 363 g/mol. The molecule has 0 N–H and O–H groups in total. The summed E-state index contributed by atoms with van der Waals surface area (Å²) >= 11 is 0. The lowest BCUT2D eigenvalue weighted by molar-refractivity contribution is -0.119. The zero-order chi connectivity index (χ0) is 18.8. The van der Waals surface area contributed by atoms with E-state index in [4.69, 9.17) is 0 Å². The summed E-state index contributed by atoms with van der Waals surface area (Å²) in [5.74, 6) is 0.612. The molecule has 0 aliphatic heterocycles. The van der Waals surface area contributed by atoms with Gasteiger partial charge in [0.25, 0.3) is 5.56 Å². The Hall–Kier alpha value is -3.09. The number of rotatable bonds is 5. The Kier molecular flexibility index (Phi) is 4.66. The van der Waals surface area contributed by atoms with E-state index in [-0.39, 0.29) is 24.3 Å². The first-order chi connectivity index (χ1) is 13.1. The van der Waals surface area contributed by atoms with Crippen molar-refractivity contribution in [2.45, 2.75) is 39.2 Å². The summed E-state index contributed by atoms with van der Waals surface area (Å²) in [6.45, 7) is 2.20. The molecule has 27 heavy (non-hydrogen) atoms. The number of nitrogens with zero attached hydrogens (tertiary/aromatic N) is 5. The van der Waals surface area contributed by atoms with E-state index in [1.807, 2.05) is 12.1 Å². The van der Waals surface area contributed by atoms with Crippen molar-refractivity contribution in [3.8, 4) is 0 Å². The highest BCUT2D eigenvalue weighted by atomic mass is 16.1. The Balaban J connectivity index is 1.50. The van der Waals surface area contributed by atoms with E-state index in [1.54, 1.807) is 16.8 Å². The van der Waals surface area contributed by atoms with Crippen molar-refractivity contribution >= 4 is 17.0 Å². The quantitative estimate of drug-likeness (QED) is 0.695. The van der Waals surface area contributed by atoms with Crippen molar-refractivity contribution in [1.82, 2.24) is 24.4 Å². The first-order valence-electron chi connectivity index (χ1n) is 9.16. The van der Waals surface area contributed by atoms with E-state index in [2.05, 4.69) is 28.2 Å². The van der Waals surface area contributed by atoms with Crippen molar-refractivity contribution in [2.75, 3.05) is 0 Å². The molecule has 0 bridgehead atoms. The third-order valence-electron chi connectivity index (χ3n) is 4.94. The van der Waals surface area contributed by atoms with Gasteiger partial charge in [0.1, 0.15) is 12.9 Å². The number of pyridine rings is 1. The average Bonchev–Trinajstić information content (AvgIpc) is 3.12. The zero-order valence-electron chi connectivity index (χ0n) is 15.2. The van der Waals surface area contributed by atoms with Crippen molar-refractivity contribution in [3.05, 3.63) is 64.5 Å². The third kappa shape index (κ3) is 3.86. The monoisotopic (exact) mass is 363 g/mol. The number of hydrogen-bond acceptors (Lipinski definition) is 5. The van der Waals surface area contributed by atoms with Gasteiger partial charge < -0.3 is 0 Å². The second-order valence-electron chi connectivity index (χ2n) is 7.14. The van der Waals surface area contributed by atoms with Crippen LogP contribution < -0.4 is 5.56 Å². The molecule has 1 atom stereocenters. The van der Waals surface area contributed by atoms with Gasteiger partial charge in [-0.3, -0.25) is 9.59 Å². The van der Waals surface area contributed by atoms with Gasteiger partial charge in [0.15, 0.2) is 11.4 Å². The van der Waals surface area contributed by atoms with Crippen molar-refractivity contribution in [3.63, 3.8) is 0 Å². The highest BCUT2D eigenvalue weighted by molar-refractivity contribution is 5.80. The van der Waals surface area contributed by atoms with E-state index in [1.165, 1.54) is 17.1 Å². The minimum absolute atomic E-state index is 0.0335. The molecule has 138 valence electrons. The highest BCUT2D eigenvalue weighted by Gasteiger charge is 2.14. The van der Waals surface area contributed by atoms with Crippen LogP contribution in [0.3, 0.4) is 0 Å². The van der Waals surface area contributed by atoms with Crippen LogP contribution in [-0.2, 0) is 17.8 Å². The molecule has 3 aromatic rings. The summed E-state index contributed by atoms with van der Waals surface area (Å²) in [6, 6.07) is 6.91. The molecule has 0 saturated carbocycles. The summed E-state index contributed by atoms with van der Waals surface area (Å²) < 4.78 is 2.91. The van der Waals surface area contributed by atoms with E-state index in [0.29, 0.717) is 11.6 Å². The van der Waals surface area contributed by atoms with Crippen LogP contribution in [0.2, 0.25) is 0 Å². The van der Waals surface area contributed by atoms with Crippen LogP contribution in [0, 0.1) is 5.92 Å². The molecule has 1 aliphatic rings. The predicted molar refractivity (Wildman–Crippen MR) is 101 cm³/mol. The van der Waals surface area contributed by atoms with E-state index in [0.717, 1.165) is 36.1 Å². The van der Waals surface area contributed by atoms with Gasteiger partial charge in [0, 0.05) is 18.7 Å². The van der Waals surface area contributed by atoms with Crippen LogP contribution in [-0.4, -0.2) is 30.2 Å². The summed E-state index contributed by atoms with van der Waals surface area (Å²) in [5, 5.41) is 8.47. The van der Waals surface area contributed by atoms with Gasteiger partial charge in [0.2, 0.25) is 0 Å². The fourth-order valence-electron chi connectivity index (χ4n) is 3.35. The smallest absolute Gasteiger partial charge is 0.267 e. The van der Waals surface area contributed by atoms with Crippen molar-refractivity contribution in [2.24, 2.45) is 5.92 Å². The fourth-order valence-corrected chi connectivity index (χ4v) is 3.35. The number of allylic oxidation sites excluding steroid dienone is 2. The molecule has 0 spiro atoms. The molecule has 4 rings (SSSR count). The summed E-state index contributed by atoms with van der Waals surface area (Å²) in [5.41, 5.74) is 3.22. The molecule has 0 aromatic carbocycles.